The first-order valence-electron chi connectivity index (χ1n) is 8.39. The fourth-order valence-corrected chi connectivity index (χ4v) is 4.54. The summed E-state index contributed by atoms with van der Waals surface area (Å²) < 4.78 is 59.2. The fourth-order valence-electron chi connectivity index (χ4n) is 2.83. The van der Waals surface area contributed by atoms with Crippen LogP contribution in [-0.4, -0.2) is 56.3 Å². The van der Waals surface area contributed by atoms with E-state index in [2.05, 4.69) is 0 Å². The monoisotopic (exact) mass is 430 g/mol. The molecule has 150 valence electrons. The molecule has 3 rings (SSSR count). The zero-order valence-corrected chi connectivity index (χ0v) is 16.2. The summed E-state index contributed by atoms with van der Waals surface area (Å²) in [5, 5.41) is 0.476. The predicted molar refractivity (Wildman–Crippen MR) is 98.6 cm³/mol. The van der Waals surface area contributed by atoms with Gasteiger partial charge in [0.2, 0.25) is 10.0 Å². The van der Waals surface area contributed by atoms with Crippen LogP contribution >= 0.6 is 11.6 Å². The third-order valence-corrected chi connectivity index (χ3v) is 6.45. The van der Waals surface area contributed by atoms with E-state index in [-0.39, 0.29) is 38.7 Å². The Hall–Kier alpha value is -2.23. The first-order valence-corrected chi connectivity index (χ1v) is 10.2. The normalized spacial score (nSPS) is 15.5. The van der Waals surface area contributed by atoms with Crippen LogP contribution in [0.25, 0.3) is 0 Å². The van der Waals surface area contributed by atoms with E-state index in [0.717, 1.165) is 22.5 Å². The van der Waals surface area contributed by atoms with Crippen LogP contribution in [0.15, 0.2) is 47.4 Å². The molecule has 0 spiro atoms. The molecule has 0 unspecified atom stereocenters. The minimum Gasteiger partial charge on any atom is -0.484 e. The van der Waals surface area contributed by atoms with E-state index < -0.39 is 26.6 Å². The van der Waals surface area contributed by atoms with Crippen molar-refractivity contribution in [3.63, 3.8) is 0 Å². The minimum absolute atomic E-state index is 0.0704. The van der Waals surface area contributed by atoms with Gasteiger partial charge in [-0.2, -0.15) is 4.31 Å². The van der Waals surface area contributed by atoms with Gasteiger partial charge in [0, 0.05) is 31.2 Å². The molecule has 1 aliphatic rings. The second-order valence-electron chi connectivity index (χ2n) is 6.08. The molecule has 0 bridgehead atoms. The number of hydrogen-bond acceptors (Lipinski definition) is 4. The van der Waals surface area contributed by atoms with Gasteiger partial charge in [0.05, 0.1) is 0 Å². The van der Waals surface area contributed by atoms with Gasteiger partial charge in [-0.15, -0.1) is 0 Å². The Labute approximate surface area is 166 Å². The Morgan fingerprint density at radius 1 is 1.04 bits per heavy atom. The summed E-state index contributed by atoms with van der Waals surface area (Å²) in [4.78, 5) is 12.7. The van der Waals surface area contributed by atoms with Gasteiger partial charge in [0.25, 0.3) is 5.91 Å². The summed E-state index contributed by atoms with van der Waals surface area (Å²) in [6, 6.07) is 9.48. The summed E-state index contributed by atoms with van der Waals surface area (Å²) in [6.07, 6.45) is 0. The van der Waals surface area contributed by atoms with E-state index in [0.29, 0.717) is 10.8 Å². The molecular formula is C18H17ClF2N2O4S. The lowest BCUT2D eigenvalue weighted by Gasteiger charge is -2.34. The molecule has 2 aromatic carbocycles. The van der Waals surface area contributed by atoms with Crippen molar-refractivity contribution in [3.05, 3.63) is 59.1 Å². The molecule has 1 heterocycles. The molecule has 0 saturated carbocycles. The highest BCUT2D eigenvalue weighted by Crippen LogP contribution is 2.23. The van der Waals surface area contributed by atoms with Gasteiger partial charge in [-0.1, -0.05) is 23.7 Å². The van der Waals surface area contributed by atoms with Gasteiger partial charge in [-0.25, -0.2) is 17.2 Å². The lowest BCUT2D eigenvalue weighted by Crippen LogP contribution is -2.51. The summed E-state index contributed by atoms with van der Waals surface area (Å²) in [6.45, 7) is -0.187. The number of carbonyl (C=O) groups is 1. The summed E-state index contributed by atoms with van der Waals surface area (Å²) >= 11 is 5.85. The predicted octanol–water partition coefficient (Wildman–Crippen LogP) is 2.53. The van der Waals surface area contributed by atoms with E-state index in [1.54, 1.807) is 24.3 Å². The highest BCUT2D eigenvalue weighted by Gasteiger charge is 2.34. The van der Waals surface area contributed by atoms with Crippen LogP contribution < -0.4 is 4.74 Å². The van der Waals surface area contributed by atoms with Crippen molar-refractivity contribution in [3.8, 4) is 5.75 Å². The summed E-state index contributed by atoms with van der Waals surface area (Å²) in [5.74, 6) is -2.17. The molecule has 1 saturated heterocycles. The first kappa shape index (κ1) is 20.5. The van der Waals surface area contributed by atoms with E-state index in [1.165, 1.54) is 4.90 Å². The summed E-state index contributed by atoms with van der Waals surface area (Å²) in [5.41, 5.74) is 0. The van der Waals surface area contributed by atoms with Crippen molar-refractivity contribution in [1.29, 1.82) is 0 Å². The largest absolute Gasteiger partial charge is 0.484 e. The molecule has 0 atom stereocenters. The van der Waals surface area contributed by atoms with E-state index >= 15 is 0 Å². The minimum atomic E-state index is -4.33. The SMILES string of the molecule is O=C(COc1cccc(Cl)c1)N1CCN(S(=O)(=O)c2c(F)cccc2F)CC1. The van der Waals surface area contributed by atoms with Gasteiger partial charge < -0.3 is 9.64 Å². The number of carbonyl (C=O) groups excluding carboxylic acids is 1. The topological polar surface area (TPSA) is 66.9 Å². The van der Waals surface area contributed by atoms with Crippen LogP contribution in [0.3, 0.4) is 0 Å². The molecule has 0 aliphatic carbocycles. The molecule has 28 heavy (non-hydrogen) atoms. The Kier molecular flexibility index (Phi) is 6.17. The van der Waals surface area contributed by atoms with Gasteiger partial charge in [-0.05, 0) is 30.3 Å². The number of rotatable bonds is 5. The molecule has 1 amide bonds. The van der Waals surface area contributed by atoms with Gasteiger partial charge in [0.1, 0.15) is 17.4 Å². The van der Waals surface area contributed by atoms with Crippen molar-refractivity contribution in [2.24, 2.45) is 0 Å². The van der Waals surface area contributed by atoms with Crippen LogP contribution in [0.1, 0.15) is 0 Å². The van der Waals surface area contributed by atoms with Crippen LogP contribution in [0, 0.1) is 11.6 Å². The number of hydrogen-bond donors (Lipinski definition) is 0. The van der Waals surface area contributed by atoms with Gasteiger partial charge in [-0.3, -0.25) is 4.79 Å². The average Bonchev–Trinajstić information content (AvgIpc) is 2.66. The molecule has 6 nitrogen and oxygen atoms in total. The Balaban J connectivity index is 1.60. The van der Waals surface area contributed by atoms with Gasteiger partial charge in [0.15, 0.2) is 11.5 Å². The molecule has 0 aromatic heterocycles. The lowest BCUT2D eigenvalue weighted by molar-refractivity contribution is -0.134. The Morgan fingerprint density at radius 3 is 2.25 bits per heavy atom. The van der Waals surface area contributed by atoms with E-state index in [4.69, 9.17) is 16.3 Å². The molecule has 0 radical (unpaired) electrons. The second kappa shape index (κ2) is 8.42. The molecule has 1 fully saturated rings. The smallest absolute Gasteiger partial charge is 0.260 e. The first-order chi connectivity index (χ1) is 13.3. The third-order valence-electron chi connectivity index (χ3n) is 4.27. The van der Waals surface area contributed by atoms with Crippen LogP contribution in [0.4, 0.5) is 8.78 Å². The van der Waals surface area contributed by atoms with E-state index in [1.807, 2.05) is 0 Å². The number of amides is 1. The highest BCUT2D eigenvalue weighted by molar-refractivity contribution is 7.89. The molecular weight excluding hydrogens is 414 g/mol. The van der Waals surface area contributed by atoms with Crippen molar-refractivity contribution in [2.45, 2.75) is 4.90 Å². The Bertz CT molecular complexity index is 959. The zero-order valence-electron chi connectivity index (χ0n) is 14.6. The highest BCUT2D eigenvalue weighted by atomic mass is 35.5. The maximum absolute atomic E-state index is 13.9. The van der Waals surface area contributed by atoms with Crippen LogP contribution in [0.5, 0.6) is 5.75 Å². The quantitative estimate of drug-likeness (QED) is 0.731. The number of benzene rings is 2. The number of piperazine rings is 1. The van der Waals surface area contributed by atoms with Crippen LogP contribution in [0.2, 0.25) is 5.02 Å². The number of nitrogens with zero attached hydrogens (tertiary/aromatic N) is 2. The molecule has 0 N–H and O–H groups in total. The number of sulfonamides is 1. The fraction of sp³-hybridized carbons (Fsp3) is 0.278. The molecule has 2 aromatic rings. The molecule has 10 heteroatoms. The maximum Gasteiger partial charge on any atom is 0.260 e. The number of halogens is 3. The van der Waals surface area contributed by atoms with E-state index in [9.17, 15) is 22.0 Å². The number of ether oxygens (including phenoxy) is 1. The molecule has 1 aliphatic heterocycles. The van der Waals surface area contributed by atoms with Crippen molar-refractivity contribution in [2.75, 3.05) is 32.8 Å². The second-order valence-corrected chi connectivity index (χ2v) is 8.39. The average molecular weight is 431 g/mol. The zero-order chi connectivity index (χ0) is 20.3. The van der Waals surface area contributed by atoms with Crippen molar-refractivity contribution in [1.82, 2.24) is 9.21 Å². The van der Waals surface area contributed by atoms with Crippen molar-refractivity contribution < 1.29 is 26.7 Å². The van der Waals surface area contributed by atoms with Crippen molar-refractivity contribution >= 4 is 27.5 Å². The summed E-state index contributed by atoms with van der Waals surface area (Å²) in [7, 11) is -4.33. The van der Waals surface area contributed by atoms with Crippen LogP contribution in [-0.2, 0) is 14.8 Å². The maximum atomic E-state index is 13.9. The van der Waals surface area contributed by atoms with Gasteiger partial charge >= 0.3 is 0 Å². The lowest BCUT2D eigenvalue weighted by atomic mass is 10.3. The third kappa shape index (κ3) is 4.43. The Morgan fingerprint density at radius 2 is 1.64 bits per heavy atom. The standard InChI is InChI=1S/C18H17ClF2N2O4S/c19-13-3-1-4-14(11-13)27-12-17(24)22-7-9-23(10-8-22)28(25,26)18-15(20)5-2-6-16(18)21/h1-6,11H,7-10,12H2.